The van der Waals surface area contributed by atoms with Gasteiger partial charge in [-0.3, -0.25) is 29.4 Å². The van der Waals surface area contributed by atoms with E-state index in [2.05, 4.69) is 11.9 Å². The molecule has 3 amide bonds. The van der Waals surface area contributed by atoms with Crippen LogP contribution in [0.25, 0.3) is 0 Å². The third kappa shape index (κ3) is 2.95. The average Bonchev–Trinajstić information content (AvgIpc) is 2.87. The fraction of sp³-hybridized carbons (Fsp3) is 0.0556. The van der Waals surface area contributed by atoms with Crippen LogP contribution in [0.5, 0.6) is 0 Å². The summed E-state index contributed by atoms with van der Waals surface area (Å²) in [6.45, 7) is 3.59. The largest absolute Gasteiger partial charge is 0.322 e. The van der Waals surface area contributed by atoms with Gasteiger partial charge < -0.3 is 5.32 Å². The van der Waals surface area contributed by atoms with Gasteiger partial charge in [0.1, 0.15) is 0 Å². The van der Waals surface area contributed by atoms with Gasteiger partial charge in [0.05, 0.1) is 16.1 Å². The minimum absolute atomic E-state index is 0.0849. The number of nitrogens with one attached hydrogen (secondary N) is 1. The molecule has 2 aromatic carbocycles. The number of non-ortho nitro benzene ring substituents is 1. The van der Waals surface area contributed by atoms with Crippen LogP contribution in [0.2, 0.25) is 0 Å². The number of amides is 3. The van der Waals surface area contributed by atoms with E-state index in [-0.39, 0.29) is 34.6 Å². The van der Waals surface area contributed by atoms with Crippen LogP contribution >= 0.6 is 0 Å². The molecule has 8 nitrogen and oxygen atoms in total. The minimum atomic E-state index is -0.566. The molecule has 0 unspecified atom stereocenters. The molecule has 0 aromatic heterocycles. The minimum Gasteiger partial charge on any atom is -0.322 e. The lowest BCUT2D eigenvalue weighted by atomic mass is 10.1. The molecule has 1 heterocycles. The summed E-state index contributed by atoms with van der Waals surface area (Å²) in [5.74, 6) is -1.47. The molecule has 0 atom stereocenters. The van der Waals surface area contributed by atoms with E-state index in [0.717, 1.165) is 4.90 Å². The molecule has 1 aliphatic heterocycles. The smallest absolute Gasteiger partial charge is 0.271 e. The number of nitro groups is 1. The van der Waals surface area contributed by atoms with Crippen LogP contribution in [-0.2, 0) is 0 Å². The Kier molecular flexibility index (Phi) is 4.32. The first kappa shape index (κ1) is 17.0. The van der Waals surface area contributed by atoms with E-state index in [9.17, 15) is 24.5 Å². The Labute approximate surface area is 147 Å². The summed E-state index contributed by atoms with van der Waals surface area (Å²) in [7, 11) is 0. The molecular weight excluding hydrogens is 338 g/mol. The first-order valence-electron chi connectivity index (χ1n) is 7.59. The van der Waals surface area contributed by atoms with E-state index in [1.54, 1.807) is 0 Å². The zero-order valence-electron chi connectivity index (χ0n) is 13.5. The molecule has 0 bridgehead atoms. The molecule has 0 saturated carbocycles. The Morgan fingerprint density at radius 3 is 2.58 bits per heavy atom. The predicted octanol–water partition coefficient (Wildman–Crippen LogP) is 2.63. The summed E-state index contributed by atoms with van der Waals surface area (Å²) in [4.78, 5) is 48.1. The highest BCUT2D eigenvalue weighted by molar-refractivity contribution is 6.22. The Balaban J connectivity index is 1.86. The quantitative estimate of drug-likeness (QED) is 0.385. The second kappa shape index (κ2) is 6.60. The maximum absolute atomic E-state index is 12.4. The number of carbonyl (C=O) groups is 3. The van der Waals surface area contributed by atoms with Crippen LogP contribution in [0.4, 0.5) is 11.4 Å². The Hall–Kier alpha value is -3.81. The van der Waals surface area contributed by atoms with E-state index in [1.165, 1.54) is 48.5 Å². The normalized spacial score (nSPS) is 12.7. The van der Waals surface area contributed by atoms with E-state index < -0.39 is 22.6 Å². The van der Waals surface area contributed by atoms with Gasteiger partial charge in [-0.25, -0.2) is 0 Å². The number of fused-ring (bicyclic) bond motifs is 1. The summed E-state index contributed by atoms with van der Waals surface area (Å²) >= 11 is 0. The van der Waals surface area contributed by atoms with Crippen molar-refractivity contribution < 1.29 is 19.3 Å². The highest BCUT2D eigenvalue weighted by Crippen LogP contribution is 2.25. The van der Waals surface area contributed by atoms with Gasteiger partial charge in [0.25, 0.3) is 23.4 Å². The third-order valence-electron chi connectivity index (χ3n) is 3.86. The lowest BCUT2D eigenvalue weighted by molar-refractivity contribution is -0.384. The summed E-state index contributed by atoms with van der Waals surface area (Å²) < 4.78 is 0. The van der Waals surface area contributed by atoms with Crippen molar-refractivity contribution in [1.29, 1.82) is 0 Å². The van der Waals surface area contributed by atoms with Crippen molar-refractivity contribution in [2.24, 2.45) is 0 Å². The second-order valence-corrected chi connectivity index (χ2v) is 5.53. The topological polar surface area (TPSA) is 110 Å². The van der Waals surface area contributed by atoms with Crippen LogP contribution in [0, 0.1) is 10.1 Å². The number of benzene rings is 2. The summed E-state index contributed by atoms with van der Waals surface area (Å²) in [5.41, 5.74) is 0.627. The van der Waals surface area contributed by atoms with Crippen LogP contribution in [0.15, 0.2) is 55.1 Å². The number of carbonyl (C=O) groups excluding carboxylic acids is 3. The van der Waals surface area contributed by atoms with Crippen molar-refractivity contribution in [3.8, 4) is 0 Å². The molecule has 130 valence electrons. The number of hydrogen-bond donors (Lipinski definition) is 1. The summed E-state index contributed by atoms with van der Waals surface area (Å²) in [6, 6.07) is 9.68. The van der Waals surface area contributed by atoms with Gasteiger partial charge >= 0.3 is 0 Å². The van der Waals surface area contributed by atoms with Gasteiger partial charge in [0, 0.05) is 29.9 Å². The first-order chi connectivity index (χ1) is 12.4. The molecule has 1 N–H and O–H groups in total. The molecule has 0 fully saturated rings. The average molecular weight is 351 g/mol. The standard InChI is InChI=1S/C18H13N3O5/c1-2-8-20-17(23)14-7-6-11(9-15(14)18(20)24)16(22)19-12-4-3-5-13(10-12)21(25)26/h2-7,9-10H,1,8H2,(H,19,22). The molecule has 0 saturated heterocycles. The number of nitro benzene ring substituents is 1. The van der Waals surface area contributed by atoms with E-state index in [1.807, 2.05) is 0 Å². The van der Waals surface area contributed by atoms with E-state index >= 15 is 0 Å². The Morgan fingerprint density at radius 2 is 1.88 bits per heavy atom. The van der Waals surface area contributed by atoms with Crippen molar-refractivity contribution >= 4 is 29.1 Å². The number of nitrogens with zero attached hydrogens (tertiary/aromatic N) is 2. The van der Waals surface area contributed by atoms with Gasteiger partial charge in [-0.1, -0.05) is 12.1 Å². The first-order valence-corrected chi connectivity index (χ1v) is 7.59. The van der Waals surface area contributed by atoms with Crippen LogP contribution in [-0.4, -0.2) is 34.1 Å². The molecule has 0 radical (unpaired) electrons. The predicted molar refractivity (Wildman–Crippen MR) is 93.1 cm³/mol. The second-order valence-electron chi connectivity index (χ2n) is 5.53. The van der Waals surface area contributed by atoms with Gasteiger partial charge in [0.2, 0.25) is 0 Å². The number of rotatable bonds is 5. The fourth-order valence-corrected chi connectivity index (χ4v) is 2.63. The number of hydrogen-bond acceptors (Lipinski definition) is 5. The molecule has 8 heteroatoms. The maximum atomic E-state index is 12.4. The zero-order chi connectivity index (χ0) is 18.8. The van der Waals surface area contributed by atoms with Crippen molar-refractivity contribution in [2.75, 3.05) is 11.9 Å². The fourth-order valence-electron chi connectivity index (χ4n) is 2.63. The van der Waals surface area contributed by atoms with Crippen molar-refractivity contribution in [3.05, 3.63) is 81.9 Å². The van der Waals surface area contributed by atoms with Gasteiger partial charge in [0.15, 0.2) is 0 Å². The lowest BCUT2D eigenvalue weighted by Gasteiger charge is -2.09. The van der Waals surface area contributed by atoms with Crippen LogP contribution < -0.4 is 5.32 Å². The monoisotopic (exact) mass is 351 g/mol. The molecule has 26 heavy (non-hydrogen) atoms. The summed E-state index contributed by atoms with van der Waals surface area (Å²) in [5, 5.41) is 13.3. The van der Waals surface area contributed by atoms with Gasteiger partial charge in [-0.15, -0.1) is 6.58 Å². The maximum Gasteiger partial charge on any atom is 0.271 e. The van der Waals surface area contributed by atoms with Crippen molar-refractivity contribution in [1.82, 2.24) is 4.90 Å². The SMILES string of the molecule is C=CCN1C(=O)c2ccc(C(=O)Nc3cccc([N+](=O)[O-])c3)cc2C1=O. The Morgan fingerprint density at radius 1 is 1.15 bits per heavy atom. The van der Waals surface area contributed by atoms with Crippen LogP contribution in [0.1, 0.15) is 31.1 Å². The van der Waals surface area contributed by atoms with E-state index in [4.69, 9.17) is 0 Å². The molecule has 3 rings (SSSR count). The molecule has 0 spiro atoms. The third-order valence-corrected chi connectivity index (χ3v) is 3.86. The number of anilines is 1. The number of imide groups is 1. The molecule has 1 aliphatic rings. The van der Waals surface area contributed by atoms with Crippen molar-refractivity contribution in [3.63, 3.8) is 0 Å². The Bertz CT molecular complexity index is 967. The lowest BCUT2D eigenvalue weighted by Crippen LogP contribution is -2.29. The highest BCUT2D eigenvalue weighted by atomic mass is 16.6. The molecule has 0 aliphatic carbocycles. The zero-order valence-corrected chi connectivity index (χ0v) is 13.5. The molecule has 2 aromatic rings. The molecular formula is C18H13N3O5. The van der Waals surface area contributed by atoms with Crippen LogP contribution in [0.3, 0.4) is 0 Å². The van der Waals surface area contributed by atoms with E-state index in [0.29, 0.717) is 0 Å². The van der Waals surface area contributed by atoms with Gasteiger partial charge in [-0.2, -0.15) is 0 Å². The summed E-state index contributed by atoms with van der Waals surface area (Å²) in [6.07, 6.45) is 1.44. The highest BCUT2D eigenvalue weighted by Gasteiger charge is 2.35. The van der Waals surface area contributed by atoms with Gasteiger partial charge in [-0.05, 0) is 24.3 Å². The van der Waals surface area contributed by atoms with Crippen molar-refractivity contribution in [2.45, 2.75) is 0 Å².